The summed E-state index contributed by atoms with van der Waals surface area (Å²) in [5.74, 6) is 1.58. The van der Waals surface area contributed by atoms with Crippen LogP contribution in [0.1, 0.15) is 66.2 Å². The summed E-state index contributed by atoms with van der Waals surface area (Å²) in [5, 5.41) is 0. The van der Waals surface area contributed by atoms with Gasteiger partial charge in [0.1, 0.15) is 0 Å². The third-order valence-corrected chi connectivity index (χ3v) is 5.85. The number of nitrogens with zero attached hydrogens (tertiary/aromatic N) is 1. The monoisotopic (exact) mass is 369 g/mol. The summed E-state index contributed by atoms with van der Waals surface area (Å²) in [6.45, 7) is 14.9. The van der Waals surface area contributed by atoms with Crippen molar-refractivity contribution in [3.8, 4) is 0 Å². The molecule has 4 heteroatoms. The molecule has 2 aliphatic carbocycles. The van der Waals surface area contributed by atoms with E-state index in [9.17, 15) is 0 Å². The molecule has 26 heavy (non-hydrogen) atoms. The third-order valence-electron chi connectivity index (χ3n) is 5.85. The van der Waals surface area contributed by atoms with Gasteiger partial charge in [0.2, 0.25) is 0 Å². The average Bonchev–Trinajstić information content (AvgIpc) is 2.51. The molecule has 2 saturated carbocycles. The molecule has 2 fully saturated rings. The van der Waals surface area contributed by atoms with E-state index in [1.165, 1.54) is 38.5 Å². The quantitative estimate of drug-likeness (QED) is 0.478. The fourth-order valence-corrected chi connectivity index (χ4v) is 5.26. The minimum Gasteiger partial charge on any atom is -0.378 e. The summed E-state index contributed by atoms with van der Waals surface area (Å²) in [4.78, 5) is 2.32. The SMILES string of the molecule is CC(C)CN(C)CCOCCOCCOC12CCCC(CC(C)(C)C1)C2. The minimum absolute atomic E-state index is 0.130. The zero-order valence-corrected chi connectivity index (χ0v) is 18.0. The lowest BCUT2D eigenvalue weighted by Gasteiger charge is -2.51. The molecule has 0 spiro atoms. The molecule has 2 unspecified atom stereocenters. The molecule has 154 valence electrons. The second-order valence-corrected chi connectivity index (χ2v) is 9.92. The molecule has 0 aromatic rings. The third kappa shape index (κ3) is 7.84. The zero-order chi connectivity index (χ0) is 19.0. The minimum atomic E-state index is 0.130. The summed E-state index contributed by atoms with van der Waals surface area (Å²) in [5.41, 5.74) is 0.562. The van der Waals surface area contributed by atoms with Gasteiger partial charge in [-0.2, -0.15) is 0 Å². The summed E-state index contributed by atoms with van der Waals surface area (Å²) >= 11 is 0. The van der Waals surface area contributed by atoms with Crippen molar-refractivity contribution in [2.45, 2.75) is 71.8 Å². The van der Waals surface area contributed by atoms with Crippen molar-refractivity contribution in [2.75, 3.05) is 53.2 Å². The molecule has 2 aliphatic rings. The highest BCUT2D eigenvalue weighted by Gasteiger charge is 2.46. The van der Waals surface area contributed by atoms with Crippen LogP contribution in [-0.4, -0.2) is 63.7 Å². The molecule has 0 aromatic heterocycles. The summed E-state index contributed by atoms with van der Waals surface area (Å²) in [6, 6.07) is 0. The summed E-state index contributed by atoms with van der Waals surface area (Å²) in [7, 11) is 2.15. The van der Waals surface area contributed by atoms with E-state index in [-0.39, 0.29) is 5.60 Å². The van der Waals surface area contributed by atoms with Crippen LogP contribution in [0.4, 0.5) is 0 Å². The number of ether oxygens (including phenoxy) is 3. The van der Waals surface area contributed by atoms with Gasteiger partial charge in [0, 0.05) is 13.1 Å². The Morgan fingerprint density at radius 2 is 1.69 bits per heavy atom. The van der Waals surface area contributed by atoms with E-state index in [0.29, 0.717) is 31.2 Å². The lowest BCUT2D eigenvalue weighted by atomic mass is 9.60. The topological polar surface area (TPSA) is 30.9 Å². The van der Waals surface area contributed by atoms with Crippen molar-refractivity contribution >= 4 is 0 Å². The molecule has 4 nitrogen and oxygen atoms in total. The Bertz CT molecular complexity index is 399. The van der Waals surface area contributed by atoms with E-state index in [1.54, 1.807) is 0 Å². The normalized spacial score (nSPS) is 28.0. The largest absolute Gasteiger partial charge is 0.378 e. The lowest BCUT2D eigenvalue weighted by molar-refractivity contribution is -0.145. The molecular weight excluding hydrogens is 326 g/mol. The van der Waals surface area contributed by atoms with E-state index in [0.717, 1.165) is 32.2 Å². The highest BCUT2D eigenvalue weighted by atomic mass is 16.5. The Morgan fingerprint density at radius 3 is 2.42 bits per heavy atom. The van der Waals surface area contributed by atoms with Crippen molar-refractivity contribution in [1.29, 1.82) is 0 Å². The molecule has 0 aliphatic heterocycles. The highest BCUT2D eigenvalue weighted by molar-refractivity contribution is 4.98. The van der Waals surface area contributed by atoms with Crippen molar-refractivity contribution in [3.05, 3.63) is 0 Å². The Hall–Kier alpha value is -0.160. The van der Waals surface area contributed by atoms with Gasteiger partial charge in [-0.25, -0.2) is 0 Å². The van der Waals surface area contributed by atoms with Crippen LogP contribution in [0.2, 0.25) is 0 Å². The number of hydrogen-bond acceptors (Lipinski definition) is 4. The molecule has 0 amide bonds. The number of fused-ring (bicyclic) bond motifs is 2. The van der Waals surface area contributed by atoms with E-state index >= 15 is 0 Å². The predicted molar refractivity (Wildman–Crippen MR) is 108 cm³/mol. The van der Waals surface area contributed by atoms with Crippen molar-refractivity contribution < 1.29 is 14.2 Å². The fourth-order valence-electron chi connectivity index (χ4n) is 5.26. The fraction of sp³-hybridized carbons (Fsp3) is 1.00. The van der Waals surface area contributed by atoms with Gasteiger partial charge in [-0.3, -0.25) is 0 Å². The van der Waals surface area contributed by atoms with Crippen LogP contribution in [-0.2, 0) is 14.2 Å². The molecule has 0 N–H and O–H groups in total. The van der Waals surface area contributed by atoms with Gasteiger partial charge in [-0.15, -0.1) is 0 Å². The first-order valence-corrected chi connectivity index (χ1v) is 10.8. The first-order valence-electron chi connectivity index (χ1n) is 10.8. The van der Waals surface area contributed by atoms with Gasteiger partial charge < -0.3 is 19.1 Å². The van der Waals surface area contributed by atoms with Gasteiger partial charge in [0.15, 0.2) is 0 Å². The predicted octanol–water partition coefficient (Wildman–Crippen LogP) is 4.37. The summed E-state index contributed by atoms with van der Waals surface area (Å²) < 4.78 is 17.8. The van der Waals surface area contributed by atoms with Crippen LogP contribution in [0, 0.1) is 17.3 Å². The van der Waals surface area contributed by atoms with Crippen molar-refractivity contribution in [3.63, 3.8) is 0 Å². The van der Waals surface area contributed by atoms with Gasteiger partial charge in [0.05, 0.1) is 38.6 Å². The number of hydrogen-bond donors (Lipinski definition) is 0. The van der Waals surface area contributed by atoms with Crippen LogP contribution in [0.3, 0.4) is 0 Å². The highest BCUT2D eigenvalue weighted by Crippen LogP contribution is 2.52. The van der Waals surface area contributed by atoms with Gasteiger partial charge >= 0.3 is 0 Å². The van der Waals surface area contributed by atoms with Crippen LogP contribution in [0.15, 0.2) is 0 Å². The molecule has 0 heterocycles. The van der Waals surface area contributed by atoms with Crippen molar-refractivity contribution in [2.24, 2.45) is 17.3 Å². The Balaban J connectivity index is 1.50. The van der Waals surface area contributed by atoms with Crippen LogP contribution in [0.25, 0.3) is 0 Å². The maximum Gasteiger partial charge on any atom is 0.0708 e. The van der Waals surface area contributed by atoms with Gasteiger partial charge in [-0.05, 0) is 50.0 Å². The molecule has 2 bridgehead atoms. The maximum absolute atomic E-state index is 6.40. The smallest absolute Gasteiger partial charge is 0.0708 e. The zero-order valence-electron chi connectivity index (χ0n) is 18.0. The average molecular weight is 370 g/mol. The Kier molecular flexibility index (Phi) is 8.85. The second kappa shape index (κ2) is 10.4. The lowest BCUT2D eigenvalue weighted by Crippen LogP contribution is -2.47. The molecule has 0 saturated heterocycles. The Morgan fingerprint density at radius 1 is 1.00 bits per heavy atom. The second-order valence-electron chi connectivity index (χ2n) is 9.92. The van der Waals surface area contributed by atoms with E-state index in [1.807, 2.05) is 0 Å². The van der Waals surface area contributed by atoms with Crippen LogP contribution in [0.5, 0.6) is 0 Å². The first kappa shape index (κ1) is 22.1. The van der Waals surface area contributed by atoms with Gasteiger partial charge in [-0.1, -0.05) is 40.5 Å². The first-order chi connectivity index (χ1) is 12.3. The molecular formula is C22H43NO3. The number of likely N-dealkylation sites (N-methyl/N-ethyl adjacent to an activating group) is 1. The van der Waals surface area contributed by atoms with Gasteiger partial charge in [0.25, 0.3) is 0 Å². The molecule has 0 radical (unpaired) electrons. The molecule has 2 atom stereocenters. The van der Waals surface area contributed by atoms with E-state index in [4.69, 9.17) is 14.2 Å². The summed E-state index contributed by atoms with van der Waals surface area (Å²) in [6.07, 6.45) is 7.82. The molecule has 2 rings (SSSR count). The van der Waals surface area contributed by atoms with Crippen LogP contribution < -0.4 is 0 Å². The van der Waals surface area contributed by atoms with Crippen LogP contribution >= 0.6 is 0 Å². The standard InChI is InChI=1S/C22H43NO3/c1-19(2)17-23(5)9-10-24-11-12-25-13-14-26-22-8-6-7-20(16-22)15-21(3,4)18-22/h19-20H,6-18H2,1-5H3. The number of rotatable bonds is 12. The van der Waals surface area contributed by atoms with E-state index < -0.39 is 0 Å². The Labute approximate surface area is 161 Å². The van der Waals surface area contributed by atoms with Crippen molar-refractivity contribution in [1.82, 2.24) is 4.90 Å². The maximum atomic E-state index is 6.40. The molecule has 0 aromatic carbocycles. The van der Waals surface area contributed by atoms with E-state index in [2.05, 4.69) is 39.6 Å².